The Morgan fingerprint density at radius 1 is 1.04 bits per heavy atom. The number of aryl methyl sites for hydroxylation is 2. The van der Waals surface area contributed by atoms with Crippen molar-refractivity contribution in [2.75, 3.05) is 0 Å². The van der Waals surface area contributed by atoms with E-state index in [2.05, 4.69) is 12.1 Å². The topological polar surface area (TPSA) is 57.5 Å². The van der Waals surface area contributed by atoms with E-state index in [-0.39, 0.29) is 11.3 Å². The number of carboxylic acid groups (broad SMARTS) is 1. The lowest BCUT2D eigenvalue weighted by Crippen LogP contribution is -2.02. The second-order valence-corrected chi connectivity index (χ2v) is 6.46. The first-order chi connectivity index (χ1) is 12.0. The van der Waals surface area contributed by atoms with Crippen LogP contribution in [0.15, 0.2) is 48.5 Å². The molecular weight excluding hydrogens is 312 g/mol. The van der Waals surface area contributed by atoms with Gasteiger partial charge in [-0.25, -0.2) is 4.79 Å². The zero-order chi connectivity index (χ0) is 18.0. The molecule has 3 rings (SSSR count). The number of hydrogen-bond acceptors (Lipinski definition) is 2. The molecule has 3 aromatic carbocycles. The Kier molecular flexibility index (Phi) is 4.75. The summed E-state index contributed by atoms with van der Waals surface area (Å²) in [5.74, 6) is -0.945. The van der Waals surface area contributed by atoms with E-state index in [4.69, 9.17) is 0 Å². The molecule has 0 amide bonds. The van der Waals surface area contributed by atoms with Crippen LogP contribution in [0, 0.1) is 6.92 Å². The van der Waals surface area contributed by atoms with Gasteiger partial charge in [0, 0.05) is 5.56 Å². The summed E-state index contributed by atoms with van der Waals surface area (Å²) in [5.41, 5.74) is 4.39. The molecule has 3 nitrogen and oxygen atoms in total. The van der Waals surface area contributed by atoms with Crippen molar-refractivity contribution >= 4 is 16.7 Å². The quantitative estimate of drug-likeness (QED) is 0.683. The molecule has 0 spiro atoms. The van der Waals surface area contributed by atoms with E-state index in [9.17, 15) is 15.0 Å². The van der Waals surface area contributed by atoms with Gasteiger partial charge in [-0.15, -0.1) is 0 Å². The van der Waals surface area contributed by atoms with Gasteiger partial charge in [-0.2, -0.15) is 0 Å². The molecule has 0 saturated heterocycles. The number of phenolic OH excluding ortho intramolecular Hbond substituents is 1. The molecule has 0 atom stereocenters. The van der Waals surface area contributed by atoms with E-state index in [1.54, 1.807) is 0 Å². The summed E-state index contributed by atoms with van der Waals surface area (Å²) in [4.78, 5) is 11.7. The third-order valence-corrected chi connectivity index (χ3v) is 4.65. The first-order valence-electron chi connectivity index (χ1n) is 8.56. The molecule has 2 N–H and O–H groups in total. The Morgan fingerprint density at radius 3 is 2.40 bits per heavy atom. The third-order valence-electron chi connectivity index (χ3n) is 4.65. The van der Waals surface area contributed by atoms with Crippen LogP contribution in [0.4, 0.5) is 0 Å². The smallest absolute Gasteiger partial charge is 0.336 e. The highest BCUT2D eigenvalue weighted by atomic mass is 16.4. The van der Waals surface area contributed by atoms with Gasteiger partial charge in [0.2, 0.25) is 0 Å². The van der Waals surface area contributed by atoms with Crippen molar-refractivity contribution in [1.29, 1.82) is 0 Å². The van der Waals surface area contributed by atoms with Gasteiger partial charge in [-0.05, 0) is 59.4 Å². The van der Waals surface area contributed by atoms with Crippen LogP contribution in [0.25, 0.3) is 10.8 Å². The predicted octanol–water partition coefficient (Wildman–Crippen LogP) is 5.10. The summed E-state index contributed by atoms with van der Waals surface area (Å²) >= 11 is 0. The average molecular weight is 334 g/mol. The minimum Gasteiger partial charge on any atom is -0.508 e. The molecule has 0 aromatic heterocycles. The number of carboxylic acids is 1. The zero-order valence-electron chi connectivity index (χ0n) is 14.5. The summed E-state index contributed by atoms with van der Waals surface area (Å²) in [6.45, 7) is 4.09. The highest BCUT2D eigenvalue weighted by Crippen LogP contribution is 2.34. The minimum atomic E-state index is -1.02. The summed E-state index contributed by atoms with van der Waals surface area (Å²) in [5, 5.41) is 21.4. The lowest BCUT2D eigenvalue weighted by molar-refractivity contribution is 0.0698. The molecule has 3 heteroatoms. The summed E-state index contributed by atoms with van der Waals surface area (Å²) in [6.07, 6.45) is 2.37. The minimum absolute atomic E-state index is 0.0713. The second-order valence-electron chi connectivity index (χ2n) is 6.46. The number of carbonyl (C=O) groups is 1. The molecule has 0 aliphatic carbocycles. The van der Waals surface area contributed by atoms with Crippen LogP contribution in [0.2, 0.25) is 0 Å². The molecule has 0 aliphatic heterocycles. The van der Waals surface area contributed by atoms with Crippen LogP contribution in [0.5, 0.6) is 5.75 Å². The van der Waals surface area contributed by atoms with Crippen LogP contribution < -0.4 is 0 Å². The fourth-order valence-corrected chi connectivity index (χ4v) is 3.36. The van der Waals surface area contributed by atoms with Gasteiger partial charge < -0.3 is 10.2 Å². The van der Waals surface area contributed by atoms with Crippen molar-refractivity contribution in [2.24, 2.45) is 0 Å². The van der Waals surface area contributed by atoms with Crippen LogP contribution >= 0.6 is 0 Å². The molecule has 0 fully saturated rings. The van der Waals surface area contributed by atoms with E-state index < -0.39 is 5.97 Å². The molecule has 128 valence electrons. The third kappa shape index (κ3) is 3.36. The van der Waals surface area contributed by atoms with Gasteiger partial charge in [-0.3, -0.25) is 0 Å². The standard InChI is InChI=1S/C22H22O3/c1-3-7-17-18-10-14(2)16(11-15-8-5-4-6-9-15)12-19(18)20(22(24)25)13-21(17)23/h4-6,8-10,12-13,23H,3,7,11H2,1-2H3,(H,24,25). The van der Waals surface area contributed by atoms with Gasteiger partial charge in [0.05, 0.1) is 5.56 Å². The van der Waals surface area contributed by atoms with E-state index in [1.807, 2.05) is 44.2 Å². The van der Waals surface area contributed by atoms with Gasteiger partial charge in [0.1, 0.15) is 5.75 Å². The van der Waals surface area contributed by atoms with Gasteiger partial charge >= 0.3 is 5.97 Å². The number of hydrogen-bond donors (Lipinski definition) is 2. The maximum atomic E-state index is 11.7. The Hall–Kier alpha value is -2.81. The van der Waals surface area contributed by atoms with Crippen LogP contribution in [0.1, 0.15) is 46.0 Å². The van der Waals surface area contributed by atoms with Gasteiger partial charge in [0.15, 0.2) is 0 Å². The normalized spacial score (nSPS) is 11.0. The van der Waals surface area contributed by atoms with Crippen LogP contribution in [0.3, 0.4) is 0 Å². The van der Waals surface area contributed by atoms with Crippen molar-refractivity contribution in [3.05, 3.63) is 76.3 Å². The van der Waals surface area contributed by atoms with Crippen molar-refractivity contribution in [3.63, 3.8) is 0 Å². The first kappa shape index (κ1) is 17.0. The van der Waals surface area contributed by atoms with Crippen molar-refractivity contribution < 1.29 is 15.0 Å². The number of aromatic carboxylic acids is 1. The Labute approximate surface area is 147 Å². The van der Waals surface area contributed by atoms with E-state index >= 15 is 0 Å². The second kappa shape index (κ2) is 6.98. The summed E-state index contributed by atoms with van der Waals surface area (Å²) in [6, 6.07) is 15.5. The van der Waals surface area contributed by atoms with Crippen molar-refractivity contribution in [2.45, 2.75) is 33.1 Å². The largest absolute Gasteiger partial charge is 0.508 e. The molecule has 0 radical (unpaired) electrons. The highest BCUT2D eigenvalue weighted by molar-refractivity contribution is 6.06. The molecule has 0 saturated carbocycles. The summed E-state index contributed by atoms with van der Waals surface area (Å²) in [7, 11) is 0. The predicted molar refractivity (Wildman–Crippen MR) is 101 cm³/mol. The van der Waals surface area contributed by atoms with Crippen molar-refractivity contribution in [1.82, 2.24) is 0 Å². The molecular formula is C22H22O3. The molecule has 0 heterocycles. The molecule has 0 aliphatic rings. The molecule has 0 bridgehead atoms. The lowest BCUT2D eigenvalue weighted by Gasteiger charge is -2.15. The Balaban J connectivity index is 2.22. The maximum Gasteiger partial charge on any atom is 0.336 e. The summed E-state index contributed by atoms with van der Waals surface area (Å²) < 4.78 is 0. The number of fused-ring (bicyclic) bond motifs is 1. The first-order valence-corrected chi connectivity index (χ1v) is 8.56. The Morgan fingerprint density at radius 2 is 1.76 bits per heavy atom. The highest BCUT2D eigenvalue weighted by Gasteiger charge is 2.17. The number of benzene rings is 3. The average Bonchev–Trinajstić information content (AvgIpc) is 2.59. The van der Waals surface area contributed by atoms with Crippen LogP contribution in [-0.2, 0) is 12.8 Å². The SMILES string of the molecule is CCCc1c(O)cc(C(=O)O)c2cc(Cc3ccccc3)c(C)cc12. The molecule has 3 aromatic rings. The van der Waals surface area contributed by atoms with E-state index in [0.29, 0.717) is 5.39 Å². The lowest BCUT2D eigenvalue weighted by atomic mass is 9.90. The monoisotopic (exact) mass is 334 g/mol. The van der Waals surface area contributed by atoms with Gasteiger partial charge in [0.25, 0.3) is 0 Å². The number of phenols is 1. The molecule has 0 unspecified atom stereocenters. The molecule has 25 heavy (non-hydrogen) atoms. The van der Waals surface area contributed by atoms with Crippen molar-refractivity contribution in [3.8, 4) is 5.75 Å². The van der Waals surface area contributed by atoms with Crippen LogP contribution in [-0.4, -0.2) is 16.2 Å². The zero-order valence-corrected chi connectivity index (χ0v) is 14.5. The maximum absolute atomic E-state index is 11.7. The fourth-order valence-electron chi connectivity index (χ4n) is 3.36. The van der Waals surface area contributed by atoms with E-state index in [0.717, 1.165) is 41.3 Å². The van der Waals surface area contributed by atoms with Gasteiger partial charge in [-0.1, -0.05) is 49.7 Å². The van der Waals surface area contributed by atoms with E-state index in [1.165, 1.54) is 11.6 Å². The Bertz CT molecular complexity index is 927. The fraction of sp³-hybridized carbons (Fsp3) is 0.227. The number of rotatable bonds is 5. The number of aromatic hydroxyl groups is 1.